The van der Waals surface area contributed by atoms with Gasteiger partial charge in [0, 0.05) is 17.4 Å². The number of hydrogen-bond acceptors (Lipinski definition) is 2. The van der Waals surface area contributed by atoms with Gasteiger partial charge in [-0.1, -0.05) is 246 Å². The van der Waals surface area contributed by atoms with E-state index in [1.54, 1.807) is 12.1 Å². The molecule has 2 heteroatoms. The number of hydrogen-bond donors (Lipinski definition) is 0. The summed E-state index contributed by atoms with van der Waals surface area (Å²) in [5, 5.41) is 0. The molecule has 0 bridgehead atoms. The maximum absolute atomic E-state index is 10.0. The molecule has 6 rings (SSSR count). The van der Waals surface area contributed by atoms with Crippen LogP contribution in [0.1, 0.15) is 154 Å². The smallest absolute Gasteiger partial charge is 0.150 e. The van der Waals surface area contributed by atoms with Gasteiger partial charge in [0.2, 0.25) is 0 Å². The van der Waals surface area contributed by atoms with E-state index in [4.69, 9.17) is 4.74 Å². The summed E-state index contributed by atoms with van der Waals surface area (Å²) >= 11 is 0. The zero-order valence-electron chi connectivity index (χ0n) is 39.1. The highest BCUT2D eigenvalue weighted by Gasteiger charge is 2.35. The molecule has 0 radical (unpaired) electrons. The van der Waals surface area contributed by atoms with Crippen LogP contribution in [0.4, 0.5) is 0 Å². The van der Waals surface area contributed by atoms with Gasteiger partial charge in [0.05, 0.1) is 12.2 Å². The van der Waals surface area contributed by atoms with E-state index < -0.39 is 0 Å². The van der Waals surface area contributed by atoms with E-state index in [9.17, 15) is 4.79 Å². The summed E-state index contributed by atoms with van der Waals surface area (Å²) in [5.41, 5.74) is 14.4. The van der Waals surface area contributed by atoms with Crippen molar-refractivity contribution in [3.63, 3.8) is 0 Å². The Labute approximate surface area is 385 Å². The Kier molecular flexibility index (Phi) is 26.1. The molecule has 0 N–H and O–H groups in total. The van der Waals surface area contributed by atoms with Crippen LogP contribution in [0.5, 0.6) is 0 Å². The lowest BCUT2D eigenvalue weighted by atomic mass is 9.80. The van der Waals surface area contributed by atoms with Crippen molar-refractivity contribution in [1.82, 2.24) is 0 Å². The first-order valence-corrected chi connectivity index (χ1v) is 22.0. The maximum Gasteiger partial charge on any atom is 0.150 e. The second-order valence-electron chi connectivity index (χ2n) is 16.3. The minimum atomic E-state index is 0. The Morgan fingerprint density at radius 1 is 0.508 bits per heavy atom. The van der Waals surface area contributed by atoms with Gasteiger partial charge in [0.25, 0.3) is 0 Å². The minimum absolute atomic E-state index is 0. The predicted molar refractivity (Wildman–Crippen MR) is 278 cm³/mol. The second kappa shape index (κ2) is 29.7. The lowest BCUT2D eigenvalue weighted by Gasteiger charge is -2.40. The number of ether oxygens (including phenoxy) is 1. The third-order valence-electron chi connectivity index (χ3n) is 12.1. The number of carbonyl (C=O) groups excluding carboxylic acids is 1. The summed E-state index contributed by atoms with van der Waals surface area (Å²) in [6, 6.07) is 51.6. The summed E-state index contributed by atoms with van der Waals surface area (Å²) < 4.78 is 6.63. The van der Waals surface area contributed by atoms with Crippen LogP contribution in [0.3, 0.4) is 0 Å². The molecule has 0 saturated carbocycles. The van der Waals surface area contributed by atoms with Crippen LogP contribution in [0, 0.1) is 5.92 Å². The summed E-state index contributed by atoms with van der Waals surface area (Å²) in [7, 11) is 0. The first kappa shape index (κ1) is 55.4. The molecule has 0 amide bonds. The Bertz CT molecular complexity index is 2080. The Morgan fingerprint density at radius 3 is 1.21 bits per heavy atom. The molecule has 5 unspecified atom stereocenters. The first-order chi connectivity index (χ1) is 29.3. The maximum atomic E-state index is 10.0. The third-order valence-corrected chi connectivity index (χ3v) is 12.1. The average Bonchev–Trinajstić information content (AvgIpc) is 3.32. The molecule has 0 fully saturated rings. The van der Waals surface area contributed by atoms with Crippen LogP contribution < -0.4 is 0 Å². The molecule has 5 aromatic carbocycles. The molecule has 0 aliphatic carbocycles. The molecule has 63 heavy (non-hydrogen) atoms. The molecule has 0 spiro atoms. The molecule has 2 nitrogen and oxygen atoms in total. The summed E-state index contributed by atoms with van der Waals surface area (Å²) in [5.74, 6) is 1.74. The Morgan fingerprint density at radius 2 is 0.857 bits per heavy atom. The molecular formula is C61H80O2. The highest BCUT2D eigenvalue weighted by Crippen LogP contribution is 2.43. The fraction of sp³-hybridized carbons (Fsp3) is 0.328. The number of benzene rings is 5. The van der Waals surface area contributed by atoms with E-state index in [0.717, 1.165) is 11.8 Å². The van der Waals surface area contributed by atoms with Crippen LogP contribution in [0.15, 0.2) is 209 Å². The summed E-state index contributed by atoms with van der Waals surface area (Å²) in [4.78, 5) is 10.0. The van der Waals surface area contributed by atoms with Crippen LogP contribution in [0.25, 0.3) is 0 Å². The van der Waals surface area contributed by atoms with Gasteiger partial charge < -0.3 is 4.74 Å². The van der Waals surface area contributed by atoms with Crippen molar-refractivity contribution >= 4 is 6.29 Å². The highest BCUT2D eigenvalue weighted by atomic mass is 16.5. The molecular weight excluding hydrogens is 765 g/mol. The normalized spacial score (nSPS) is 17.9. The van der Waals surface area contributed by atoms with Gasteiger partial charge in [-0.15, -0.1) is 0 Å². The summed E-state index contributed by atoms with van der Waals surface area (Å²) in [6.07, 6.45) is 10.1. The van der Waals surface area contributed by atoms with E-state index in [1.807, 2.05) is 18.2 Å². The Hall–Kier alpha value is -5.57. The molecule has 1 aliphatic rings. The van der Waals surface area contributed by atoms with Crippen LogP contribution in [-0.2, 0) is 4.74 Å². The number of rotatable bonds is 10. The van der Waals surface area contributed by atoms with E-state index in [-0.39, 0.29) is 27.1 Å². The fourth-order valence-electron chi connectivity index (χ4n) is 7.33. The number of carbonyl (C=O) groups is 1. The molecule has 336 valence electrons. The average molecular weight is 845 g/mol. The number of allylic oxidation sites excluding steroid dienone is 8. The van der Waals surface area contributed by atoms with Crippen LogP contribution >= 0.6 is 0 Å². The van der Waals surface area contributed by atoms with E-state index >= 15 is 0 Å². The van der Waals surface area contributed by atoms with E-state index in [0.29, 0.717) is 23.7 Å². The van der Waals surface area contributed by atoms with E-state index in [2.05, 4.69) is 229 Å². The standard InChI is InChI=1S/C22H26O.2C15H20.C7H6O.2CH4/c1-15-16(2)21(18(4)19-11-7-5-8-12-19)23-22(17(15)3)20-13-9-6-10-14-20;2*1-5-12(2)13(3)11-14(4)15-9-7-6-8-10-15;8-6-7-4-2-1-3-5-7;;/h5-14,17-18,21-22H,1-4H3;2*5-11,14H,1-4H3;1-6H;2*1H4/b;2*12-5+,13-11+;;;/t17-,18?,21?,22?;;;;;/m0...../s1. The van der Waals surface area contributed by atoms with Crippen molar-refractivity contribution in [2.75, 3.05) is 0 Å². The summed E-state index contributed by atoms with van der Waals surface area (Å²) in [6.45, 7) is 26.4. The van der Waals surface area contributed by atoms with Gasteiger partial charge in [0.1, 0.15) is 6.29 Å². The zero-order chi connectivity index (χ0) is 44.7. The first-order valence-electron chi connectivity index (χ1n) is 22.0. The molecule has 0 saturated heterocycles. The monoisotopic (exact) mass is 845 g/mol. The van der Waals surface area contributed by atoms with Gasteiger partial charge in [-0.25, -0.2) is 0 Å². The van der Waals surface area contributed by atoms with Gasteiger partial charge >= 0.3 is 0 Å². The quantitative estimate of drug-likeness (QED) is 0.0795. The van der Waals surface area contributed by atoms with Crippen molar-refractivity contribution in [2.24, 2.45) is 5.92 Å². The predicted octanol–water partition coefficient (Wildman–Crippen LogP) is 18.1. The van der Waals surface area contributed by atoms with Crippen molar-refractivity contribution in [3.8, 4) is 0 Å². The molecule has 1 heterocycles. The van der Waals surface area contributed by atoms with Crippen molar-refractivity contribution in [2.45, 2.75) is 128 Å². The topological polar surface area (TPSA) is 26.3 Å². The van der Waals surface area contributed by atoms with Crippen LogP contribution in [0.2, 0.25) is 0 Å². The molecule has 0 aromatic heterocycles. The molecule has 5 aromatic rings. The highest BCUT2D eigenvalue weighted by molar-refractivity contribution is 5.74. The van der Waals surface area contributed by atoms with Crippen molar-refractivity contribution in [3.05, 3.63) is 237 Å². The van der Waals surface area contributed by atoms with Crippen molar-refractivity contribution < 1.29 is 9.53 Å². The second-order valence-corrected chi connectivity index (χ2v) is 16.3. The zero-order valence-corrected chi connectivity index (χ0v) is 39.1. The fourth-order valence-corrected chi connectivity index (χ4v) is 7.33. The largest absolute Gasteiger partial charge is 0.365 e. The van der Waals surface area contributed by atoms with Crippen molar-refractivity contribution in [1.29, 1.82) is 0 Å². The van der Waals surface area contributed by atoms with Crippen LogP contribution in [-0.4, -0.2) is 12.4 Å². The molecule has 1 aliphatic heterocycles. The lowest BCUT2D eigenvalue weighted by Crippen LogP contribution is -2.33. The van der Waals surface area contributed by atoms with Gasteiger partial charge in [-0.3, -0.25) is 4.79 Å². The van der Waals surface area contributed by atoms with Gasteiger partial charge in [0.15, 0.2) is 0 Å². The SMILES string of the molecule is C.C.C/C=C(C)/C(C)=C/C(C)c1ccccc1.C/C=C(C)/C(C)=C/C(C)c1ccccc1.CC1=C(C)[C@H](C)C(c2ccccc2)OC1C(C)c1ccccc1.O=Cc1ccccc1. The number of aldehydes is 1. The third kappa shape index (κ3) is 18.0. The minimum Gasteiger partial charge on any atom is -0.365 e. The Balaban J connectivity index is 0.000000440. The lowest BCUT2D eigenvalue weighted by molar-refractivity contribution is -0.0404. The van der Waals surface area contributed by atoms with Gasteiger partial charge in [-0.2, -0.15) is 0 Å². The van der Waals surface area contributed by atoms with E-state index in [1.165, 1.54) is 55.7 Å². The van der Waals surface area contributed by atoms with Gasteiger partial charge in [-0.05, 0) is 95.1 Å². The molecule has 6 atom stereocenters.